The van der Waals surface area contributed by atoms with Crippen molar-refractivity contribution in [3.8, 4) is 0 Å². The molecule has 0 heterocycles. The maximum absolute atomic E-state index is 12.0. The van der Waals surface area contributed by atoms with Gasteiger partial charge in [0.05, 0.1) is 16.8 Å². The zero-order chi connectivity index (χ0) is 17.7. The lowest BCUT2D eigenvalue weighted by Crippen LogP contribution is -2.36. The smallest absolute Gasteiger partial charge is 0.313 e. The third-order valence-corrected chi connectivity index (χ3v) is 4.17. The Hall–Kier alpha value is -2.04. The number of rotatable bonds is 4. The Labute approximate surface area is 151 Å². The number of hydrogen-bond acceptors (Lipinski definition) is 2. The third kappa shape index (κ3) is 4.73. The van der Waals surface area contributed by atoms with E-state index in [1.807, 2.05) is 31.2 Å². The molecule has 2 aromatic rings. The predicted octanol–water partition coefficient (Wildman–Crippen LogP) is 4.37. The monoisotopic (exact) mass is 364 g/mol. The van der Waals surface area contributed by atoms with Gasteiger partial charge in [0.2, 0.25) is 0 Å². The van der Waals surface area contributed by atoms with Crippen LogP contribution in [-0.2, 0) is 16.0 Å². The molecule has 1 unspecified atom stereocenters. The lowest BCUT2D eigenvalue weighted by atomic mass is 10.1. The summed E-state index contributed by atoms with van der Waals surface area (Å²) in [5.74, 6) is -1.51. The molecular formula is C18H18Cl2N2O2. The van der Waals surface area contributed by atoms with Crippen molar-refractivity contribution < 1.29 is 9.59 Å². The van der Waals surface area contributed by atoms with Crippen molar-refractivity contribution in [1.82, 2.24) is 5.32 Å². The number of benzene rings is 2. The van der Waals surface area contributed by atoms with Crippen molar-refractivity contribution in [2.75, 3.05) is 5.32 Å². The van der Waals surface area contributed by atoms with Gasteiger partial charge in [-0.05, 0) is 42.7 Å². The lowest BCUT2D eigenvalue weighted by molar-refractivity contribution is -0.136. The second kappa shape index (κ2) is 8.18. The highest BCUT2D eigenvalue weighted by Gasteiger charge is 2.18. The summed E-state index contributed by atoms with van der Waals surface area (Å²) in [4.78, 5) is 24.0. The van der Waals surface area contributed by atoms with Gasteiger partial charge in [-0.2, -0.15) is 0 Å². The summed E-state index contributed by atoms with van der Waals surface area (Å²) < 4.78 is 0. The number of amides is 2. The Balaban J connectivity index is 1.98. The zero-order valence-electron chi connectivity index (χ0n) is 13.4. The average Bonchev–Trinajstić information content (AvgIpc) is 2.57. The molecule has 2 N–H and O–H groups in total. The van der Waals surface area contributed by atoms with Crippen molar-refractivity contribution in [2.45, 2.75) is 26.3 Å². The van der Waals surface area contributed by atoms with Crippen LogP contribution in [-0.4, -0.2) is 11.8 Å². The first kappa shape index (κ1) is 18.3. The molecular weight excluding hydrogens is 347 g/mol. The first-order valence-electron chi connectivity index (χ1n) is 7.56. The van der Waals surface area contributed by atoms with E-state index in [9.17, 15) is 9.59 Å². The second-order valence-corrected chi connectivity index (χ2v) is 6.21. The van der Waals surface area contributed by atoms with E-state index in [1.165, 1.54) is 11.6 Å². The normalized spacial score (nSPS) is 11.7. The molecule has 0 saturated heterocycles. The molecule has 0 aliphatic rings. The fourth-order valence-electron chi connectivity index (χ4n) is 2.16. The summed E-state index contributed by atoms with van der Waals surface area (Å²) in [6.07, 6.45) is 0.950. The molecule has 2 amide bonds. The minimum Gasteiger partial charge on any atom is -0.341 e. The molecule has 0 spiro atoms. The standard InChI is InChI=1S/C18H18Cl2N2O2/c1-3-12-4-6-13(7-5-12)11(2)21-17(23)18(24)22-16-9-8-14(19)10-15(16)20/h4-11H,3H2,1-2H3,(H,21,23)(H,22,24). The SMILES string of the molecule is CCc1ccc(C(C)NC(=O)C(=O)Nc2ccc(Cl)cc2Cl)cc1. The summed E-state index contributed by atoms with van der Waals surface area (Å²) in [6, 6.07) is 12.2. The van der Waals surface area contributed by atoms with Gasteiger partial charge in [0.15, 0.2) is 0 Å². The van der Waals surface area contributed by atoms with E-state index in [4.69, 9.17) is 23.2 Å². The summed E-state index contributed by atoms with van der Waals surface area (Å²) in [5, 5.41) is 5.86. The van der Waals surface area contributed by atoms with E-state index >= 15 is 0 Å². The van der Waals surface area contributed by atoms with E-state index in [-0.39, 0.29) is 11.1 Å². The third-order valence-electron chi connectivity index (χ3n) is 3.62. The summed E-state index contributed by atoms with van der Waals surface area (Å²) in [5.41, 5.74) is 2.48. The minimum atomic E-state index is -0.781. The summed E-state index contributed by atoms with van der Waals surface area (Å²) in [7, 11) is 0. The van der Waals surface area contributed by atoms with E-state index in [0.29, 0.717) is 10.7 Å². The molecule has 2 rings (SSSR count). The van der Waals surface area contributed by atoms with Gasteiger partial charge in [-0.3, -0.25) is 9.59 Å². The van der Waals surface area contributed by atoms with Crippen LogP contribution >= 0.6 is 23.2 Å². The Morgan fingerprint density at radius 2 is 1.71 bits per heavy atom. The lowest BCUT2D eigenvalue weighted by Gasteiger charge is -2.15. The first-order chi connectivity index (χ1) is 11.4. The van der Waals surface area contributed by atoms with E-state index in [2.05, 4.69) is 17.6 Å². The highest BCUT2D eigenvalue weighted by Crippen LogP contribution is 2.25. The van der Waals surface area contributed by atoms with Crippen LogP contribution in [0.25, 0.3) is 0 Å². The highest BCUT2D eigenvalue weighted by atomic mass is 35.5. The maximum Gasteiger partial charge on any atom is 0.313 e. The van der Waals surface area contributed by atoms with Gasteiger partial charge in [-0.1, -0.05) is 54.4 Å². The molecule has 1 atom stereocenters. The van der Waals surface area contributed by atoms with Crippen LogP contribution in [0.2, 0.25) is 10.0 Å². The molecule has 0 bridgehead atoms. The molecule has 4 nitrogen and oxygen atoms in total. The number of carbonyl (C=O) groups excluding carboxylic acids is 2. The van der Waals surface area contributed by atoms with Gasteiger partial charge in [0.25, 0.3) is 0 Å². The van der Waals surface area contributed by atoms with Gasteiger partial charge >= 0.3 is 11.8 Å². The fraction of sp³-hybridized carbons (Fsp3) is 0.222. The number of hydrogen-bond donors (Lipinski definition) is 2. The van der Waals surface area contributed by atoms with E-state index in [0.717, 1.165) is 12.0 Å². The maximum atomic E-state index is 12.0. The number of halogens is 2. The van der Waals surface area contributed by atoms with Crippen LogP contribution in [0.5, 0.6) is 0 Å². The quantitative estimate of drug-likeness (QED) is 0.791. The number of nitrogens with one attached hydrogen (secondary N) is 2. The topological polar surface area (TPSA) is 58.2 Å². The van der Waals surface area contributed by atoms with Gasteiger partial charge in [-0.15, -0.1) is 0 Å². The number of aryl methyl sites for hydroxylation is 1. The van der Waals surface area contributed by atoms with Gasteiger partial charge in [0.1, 0.15) is 0 Å². The molecule has 24 heavy (non-hydrogen) atoms. The van der Waals surface area contributed by atoms with Crippen molar-refractivity contribution in [3.05, 3.63) is 63.6 Å². The molecule has 126 valence electrons. The average molecular weight is 365 g/mol. The van der Waals surface area contributed by atoms with Crippen molar-refractivity contribution in [3.63, 3.8) is 0 Å². The Morgan fingerprint density at radius 1 is 1.04 bits per heavy atom. The molecule has 0 fully saturated rings. The Bertz CT molecular complexity index is 745. The Morgan fingerprint density at radius 3 is 2.29 bits per heavy atom. The van der Waals surface area contributed by atoms with Gasteiger partial charge in [-0.25, -0.2) is 0 Å². The zero-order valence-corrected chi connectivity index (χ0v) is 14.9. The van der Waals surface area contributed by atoms with E-state index < -0.39 is 11.8 Å². The number of carbonyl (C=O) groups is 2. The molecule has 6 heteroatoms. The molecule has 0 aromatic heterocycles. The number of anilines is 1. The molecule has 0 radical (unpaired) electrons. The molecule has 0 aliphatic carbocycles. The van der Waals surface area contributed by atoms with Crippen LogP contribution < -0.4 is 10.6 Å². The van der Waals surface area contributed by atoms with Crippen LogP contribution in [0, 0.1) is 0 Å². The van der Waals surface area contributed by atoms with E-state index in [1.54, 1.807) is 12.1 Å². The second-order valence-electron chi connectivity index (χ2n) is 5.37. The van der Waals surface area contributed by atoms with Crippen LogP contribution in [0.15, 0.2) is 42.5 Å². The van der Waals surface area contributed by atoms with Crippen molar-refractivity contribution in [2.24, 2.45) is 0 Å². The highest BCUT2D eigenvalue weighted by molar-refractivity contribution is 6.42. The van der Waals surface area contributed by atoms with Gasteiger partial charge in [0, 0.05) is 5.02 Å². The van der Waals surface area contributed by atoms with Crippen LogP contribution in [0.3, 0.4) is 0 Å². The molecule has 0 saturated carbocycles. The Kier molecular flexibility index (Phi) is 6.23. The predicted molar refractivity (Wildman–Crippen MR) is 97.5 cm³/mol. The van der Waals surface area contributed by atoms with Crippen LogP contribution in [0.4, 0.5) is 5.69 Å². The van der Waals surface area contributed by atoms with Crippen LogP contribution in [0.1, 0.15) is 31.0 Å². The first-order valence-corrected chi connectivity index (χ1v) is 8.32. The largest absolute Gasteiger partial charge is 0.341 e. The molecule has 2 aromatic carbocycles. The summed E-state index contributed by atoms with van der Waals surface area (Å²) in [6.45, 7) is 3.90. The fourth-order valence-corrected chi connectivity index (χ4v) is 2.61. The van der Waals surface area contributed by atoms with Crippen molar-refractivity contribution in [1.29, 1.82) is 0 Å². The van der Waals surface area contributed by atoms with Crippen molar-refractivity contribution >= 4 is 40.7 Å². The summed E-state index contributed by atoms with van der Waals surface area (Å²) >= 11 is 11.8. The molecule has 0 aliphatic heterocycles. The van der Waals surface area contributed by atoms with Gasteiger partial charge < -0.3 is 10.6 Å². The minimum absolute atomic E-state index is 0.270.